The van der Waals surface area contributed by atoms with Crippen molar-refractivity contribution >= 4 is 23.2 Å². The van der Waals surface area contributed by atoms with E-state index in [1.807, 2.05) is 0 Å². The molecule has 0 radical (unpaired) electrons. The number of hydrogen-bond acceptors (Lipinski definition) is 3. The van der Waals surface area contributed by atoms with Crippen LogP contribution in [0.1, 0.15) is 5.89 Å². The molecule has 1 heterocycles. The third-order valence-corrected chi connectivity index (χ3v) is 2.28. The lowest BCUT2D eigenvalue weighted by Gasteiger charge is -1.97. The monoisotopic (exact) mass is 246 g/mol. The van der Waals surface area contributed by atoms with E-state index in [1.165, 1.54) is 18.2 Å². The average Bonchev–Trinajstić information content (AvgIpc) is 2.66. The molecule has 3 nitrogen and oxygen atoms in total. The number of alkyl halides is 1. The second kappa shape index (κ2) is 4.16. The molecule has 15 heavy (non-hydrogen) atoms. The van der Waals surface area contributed by atoms with Crippen LogP contribution in [0.2, 0.25) is 5.02 Å². The molecule has 6 heteroatoms. The molecular weight excluding hydrogens is 242 g/mol. The first-order valence-corrected chi connectivity index (χ1v) is 4.95. The fraction of sp³-hybridized carbons (Fsp3) is 0.111. The fourth-order valence-corrected chi connectivity index (χ4v) is 1.44. The predicted molar refractivity (Wildman–Crippen MR) is 54.3 cm³/mol. The maximum atomic E-state index is 12.8. The van der Waals surface area contributed by atoms with E-state index in [2.05, 4.69) is 10.2 Å². The van der Waals surface area contributed by atoms with Gasteiger partial charge in [0.1, 0.15) is 11.7 Å². The van der Waals surface area contributed by atoms with Crippen molar-refractivity contribution in [2.24, 2.45) is 0 Å². The van der Waals surface area contributed by atoms with Gasteiger partial charge in [-0.2, -0.15) is 0 Å². The minimum atomic E-state index is -0.416. The van der Waals surface area contributed by atoms with Crippen LogP contribution in [0.5, 0.6) is 0 Å². The summed E-state index contributed by atoms with van der Waals surface area (Å²) in [6.07, 6.45) is 0. The summed E-state index contributed by atoms with van der Waals surface area (Å²) in [5.74, 6) is 0.245. The highest BCUT2D eigenvalue weighted by atomic mass is 35.5. The third kappa shape index (κ3) is 2.11. The Hall–Kier alpha value is -1.13. The predicted octanol–water partition coefficient (Wildman–Crippen LogP) is 3.27. The van der Waals surface area contributed by atoms with Crippen molar-refractivity contribution in [3.63, 3.8) is 0 Å². The Labute approximate surface area is 94.8 Å². The van der Waals surface area contributed by atoms with Crippen molar-refractivity contribution in [1.29, 1.82) is 0 Å². The van der Waals surface area contributed by atoms with Gasteiger partial charge in [0.2, 0.25) is 11.8 Å². The summed E-state index contributed by atoms with van der Waals surface area (Å²) in [6, 6.07) is 3.93. The minimum absolute atomic E-state index is 0.131. The summed E-state index contributed by atoms with van der Waals surface area (Å²) < 4.78 is 17.9. The SMILES string of the molecule is Fc1ccc(-c2nnc(CCl)o2)c(Cl)c1. The van der Waals surface area contributed by atoms with Gasteiger partial charge in [0.05, 0.1) is 10.6 Å². The number of rotatable bonds is 2. The van der Waals surface area contributed by atoms with Crippen LogP contribution in [0, 0.1) is 5.82 Å². The lowest BCUT2D eigenvalue weighted by molar-refractivity contribution is 0.527. The molecule has 0 aliphatic rings. The Morgan fingerprint density at radius 3 is 2.73 bits per heavy atom. The van der Waals surface area contributed by atoms with Gasteiger partial charge in [-0.05, 0) is 18.2 Å². The largest absolute Gasteiger partial charge is 0.419 e. The topological polar surface area (TPSA) is 38.9 Å². The van der Waals surface area contributed by atoms with Crippen molar-refractivity contribution < 1.29 is 8.81 Å². The van der Waals surface area contributed by atoms with Gasteiger partial charge in [-0.1, -0.05) is 11.6 Å². The molecule has 0 atom stereocenters. The van der Waals surface area contributed by atoms with Crippen LogP contribution < -0.4 is 0 Å². The van der Waals surface area contributed by atoms with Crippen molar-refractivity contribution in [3.8, 4) is 11.5 Å². The fourth-order valence-electron chi connectivity index (χ4n) is 1.08. The lowest BCUT2D eigenvalue weighted by Crippen LogP contribution is -1.81. The summed E-state index contributed by atoms with van der Waals surface area (Å²) in [7, 11) is 0. The molecule has 0 saturated carbocycles. The number of benzene rings is 1. The van der Waals surface area contributed by atoms with E-state index in [1.54, 1.807) is 0 Å². The molecule has 0 fully saturated rings. The van der Waals surface area contributed by atoms with Crippen LogP contribution in [0.3, 0.4) is 0 Å². The van der Waals surface area contributed by atoms with Gasteiger partial charge in [0.25, 0.3) is 0 Å². The van der Waals surface area contributed by atoms with Crippen LogP contribution in [-0.4, -0.2) is 10.2 Å². The maximum absolute atomic E-state index is 12.8. The highest BCUT2D eigenvalue weighted by molar-refractivity contribution is 6.33. The molecule has 0 bridgehead atoms. The molecule has 78 valence electrons. The maximum Gasteiger partial charge on any atom is 0.249 e. The Balaban J connectivity index is 2.44. The zero-order valence-corrected chi connectivity index (χ0v) is 8.89. The molecule has 1 aromatic carbocycles. The van der Waals surface area contributed by atoms with Crippen molar-refractivity contribution in [3.05, 3.63) is 34.9 Å². The standard InChI is InChI=1S/C9H5Cl2FN2O/c10-4-8-13-14-9(15-8)6-2-1-5(12)3-7(6)11/h1-3H,4H2. The average molecular weight is 247 g/mol. The van der Waals surface area contributed by atoms with Gasteiger partial charge < -0.3 is 4.42 Å². The first-order chi connectivity index (χ1) is 7.20. The normalized spacial score (nSPS) is 10.6. The quantitative estimate of drug-likeness (QED) is 0.764. The molecule has 0 amide bonds. The Kier molecular flexibility index (Phi) is 2.88. The minimum Gasteiger partial charge on any atom is -0.419 e. The molecule has 0 unspecified atom stereocenters. The summed E-state index contributed by atoms with van der Waals surface area (Å²) >= 11 is 11.3. The number of halogens is 3. The number of hydrogen-bond donors (Lipinski definition) is 0. The van der Waals surface area contributed by atoms with Crippen molar-refractivity contribution in [1.82, 2.24) is 10.2 Å². The molecule has 0 N–H and O–H groups in total. The third-order valence-electron chi connectivity index (χ3n) is 1.74. The molecular formula is C9H5Cl2FN2O. The van der Waals surface area contributed by atoms with Crippen LogP contribution in [0.4, 0.5) is 4.39 Å². The smallest absolute Gasteiger partial charge is 0.249 e. The first kappa shape index (κ1) is 10.4. The summed E-state index contributed by atoms with van der Waals surface area (Å²) in [5, 5.41) is 7.64. The van der Waals surface area contributed by atoms with Crippen LogP contribution in [-0.2, 0) is 5.88 Å². The van der Waals surface area contributed by atoms with Crippen LogP contribution >= 0.6 is 23.2 Å². The van der Waals surface area contributed by atoms with Gasteiger partial charge >= 0.3 is 0 Å². The van der Waals surface area contributed by atoms with Crippen molar-refractivity contribution in [2.75, 3.05) is 0 Å². The zero-order valence-electron chi connectivity index (χ0n) is 7.38. The summed E-state index contributed by atoms with van der Waals surface area (Å²) in [4.78, 5) is 0. The van der Waals surface area contributed by atoms with E-state index in [0.717, 1.165) is 0 Å². The molecule has 1 aromatic heterocycles. The summed E-state index contributed by atoms with van der Waals surface area (Å²) in [6.45, 7) is 0. The van der Waals surface area contributed by atoms with Crippen molar-refractivity contribution in [2.45, 2.75) is 5.88 Å². The Morgan fingerprint density at radius 1 is 1.33 bits per heavy atom. The molecule has 0 spiro atoms. The van der Waals surface area contributed by atoms with E-state index in [4.69, 9.17) is 27.6 Å². The van der Waals surface area contributed by atoms with Gasteiger partial charge in [-0.25, -0.2) is 4.39 Å². The molecule has 0 saturated heterocycles. The Bertz CT molecular complexity index is 487. The van der Waals surface area contributed by atoms with Gasteiger partial charge in [-0.3, -0.25) is 0 Å². The zero-order chi connectivity index (χ0) is 10.8. The molecule has 2 rings (SSSR count). The lowest BCUT2D eigenvalue weighted by atomic mass is 10.2. The Morgan fingerprint density at radius 2 is 2.13 bits per heavy atom. The van der Waals surface area contributed by atoms with Gasteiger partial charge in [0, 0.05) is 0 Å². The van der Waals surface area contributed by atoms with Crippen LogP contribution in [0.25, 0.3) is 11.5 Å². The van der Waals surface area contributed by atoms with E-state index < -0.39 is 5.82 Å². The van der Waals surface area contributed by atoms with Gasteiger partial charge in [-0.15, -0.1) is 21.8 Å². The van der Waals surface area contributed by atoms with E-state index in [-0.39, 0.29) is 16.8 Å². The molecule has 0 aliphatic heterocycles. The summed E-state index contributed by atoms with van der Waals surface area (Å²) in [5.41, 5.74) is 0.488. The van der Waals surface area contributed by atoms with E-state index in [9.17, 15) is 4.39 Å². The van der Waals surface area contributed by atoms with Gasteiger partial charge in [0.15, 0.2) is 0 Å². The second-order valence-corrected chi connectivity index (χ2v) is 3.43. The molecule has 2 aromatic rings. The highest BCUT2D eigenvalue weighted by Gasteiger charge is 2.11. The number of aromatic nitrogens is 2. The second-order valence-electron chi connectivity index (χ2n) is 2.76. The van der Waals surface area contributed by atoms with Crippen LogP contribution in [0.15, 0.2) is 22.6 Å². The first-order valence-electron chi connectivity index (χ1n) is 4.04. The van der Waals surface area contributed by atoms with E-state index in [0.29, 0.717) is 11.5 Å². The molecule has 0 aliphatic carbocycles. The van der Waals surface area contributed by atoms with E-state index >= 15 is 0 Å². The number of nitrogens with zero attached hydrogens (tertiary/aromatic N) is 2. The highest BCUT2D eigenvalue weighted by Crippen LogP contribution is 2.27.